The molecular weight excluding hydrogens is 272 g/mol. The van der Waals surface area contributed by atoms with Crippen LogP contribution in [0.25, 0.3) is 0 Å². The molecule has 0 amide bonds. The molecule has 0 bridgehead atoms. The van der Waals surface area contributed by atoms with Crippen molar-refractivity contribution in [3.05, 3.63) is 29.3 Å². The van der Waals surface area contributed by atoms with E-state index in [9.17, 15) is 8.42 Å². The second-order valence-electron chi connectivity index (χ2n) is 5.70. The molecule has 1 aromatic rings. The van der Waals surface area contributed by atoms with E-state index in [2.05, 4.69) is 6.92 Å². The minimum atomic E-state index is -3.48. The van der Waals surface area contributed by atoms with Gasteiger partial charge in [0.15, 0.2) is 0 Å². The van der Waals surface area contributed by atoms with E-state index in [4.69, 9.17) is 5.26 Å². The van der Waals surface area contributed by atoms with Crippen molar-refractivity contribution in [3.8, 4) is 6.07 Å². The van der Waals surface area contributed by atoms with Gasteiger partial charge < -0.3 is 0 Å². The molecule has 2 atom stereocenters. The zero-order valence-corrected chi connectivity index (χ0v) is 12.9. The first-order chi connectivity index (χ1) is 9.36. The van der Waals surface area contributed by atoms with Crippen LogP contribution < -0.4 is 0 Å². The largest absolute Gasteiger partial charge is 0.243 e. The van der Waals surface area contributed by atoms with Gasteiger partial charge in [0, 0.05) is 12.6 Å². The summed E-state index contributed by atoms with van der Waals surface area (Å²) < 4.78 is 27.2. The van der Waals surface area contributed by atoms with Crippen LogP contribution in [-0.2, 0) is 10.0 Å². The second-order valence-corrected chi connectivity index (χ2v) is 7.56. The zero-order chi connectivity index (χ0) is 14.9. The average molecular weight is 292 g/mol. The van der Waals surface area contributed by atoms with Gasteiger partial charge in [0.05, 0.1) is 16.5 Å². The highest BCUT2D eigenvalue weighted by Crippen LogP contribution is 2.29. The van der Waals surface area contributed by atoms with Gasteiger partial charge in [-0.2, -0.15) is 9.57 Å². The minimum absolute atomic E-state index is 0.0336. The second kappa shape index (κ2) is 5.55. The van der Waals surface area contributed by atoms with Gasteiger partial charge in [0.25, 0.3) is 0 Å². The molecule has 1 saturated heterocycles. The fourth-order valence-corrected chi connectivity index (χ4v) is 4.71. The summed E-state index contributed by atoms with van der Waals surface area (Å²) in [4.78, 5) is 0.317. The van der Waals surface area contributed by atoms with Crippen LogP contribution in [0.2, 0.25) is 0 Å². The Hall–Kier alpha value is -1.38. The van der Waals surface area contributed by atoms with Crippen LogP contribution in [-0.4, -0.2) is 25.3 Å². The molecule has 5 heteroatoms. The number of rotatable bonds is 2. The summed E-state index contributed by atoms with van der Waals surface area (Å²) in [6.45, 7) is 6.36. The molecule has 0 aliphatic carbocycles. The minimum Gasteiger partial charge on any atom is -0.207 e. The van der Waals surface area contributed by atoms with Crippen molar-refractivity contribution in [2.45, 2.75) is 44.6 Å². The molecule has 20 heavy (non-hydrogen) atoms. The molecule has 4 nitrogen and oxygen atoms in total. The third-order valence-electron chi connectivity index (χ3n) is 3.95. The molecule has 2 rings (SSSR count). The Morgan fingerprint density at radius 1 is 1.30 bits per heavy atom. The third kappa shape index (κ3) is 2.72. The smallest absolute Gasteiger partial charge is 0.207 e. The predicted molar refractivity (Wildman–Crippen MR) is 77.6 cm³/mol. The first-order valence-corrected chi connectivity index (χ1v) is 8.33. The maximum absolute atomic E-state index is 12.8. The summed E-state index contributed by atoms with van der Waals surface area (Å²) in [6, 6.07) is 6.82. The fraction of sp³-hybridized carbons (Fsp3) is 0.533. The highest BCUT2D eigenvalue weighted by atomic mass is 32.2. The standard InChI is InChI=1S/C15H20N2O2S/c1-11-4-5-13(3)17(10-11)20(18,19)15-7-6-14(9-16)8-12(15)2/h6-8,11,13H,4-5,10H2,1-3H3. The van der Waals surface area contributed by atoms with Gasteiger partial charge in [-0.1, -0.05) is 6.92 Å². The topological polar surface area (TPSA) is 61.2 Å². The average Bonchev–Trinajstić information content (AvgIpc) is 2.40. The summed E-state index contributed by atoms with van der Waals surface area (Å²) in [5.41, 5.74) is 1.12. The van der Waals surface area contributed by atoms with Gasteiger partial charge >= 0.3 is 0 Å². The number of hydrogen-bond donors (Lipinski definition) is 0. The molecule has 0 aromatic heterocycles. The number of aryl methyl sites for hydroxylation is 1. The Morgan fingerprint density at radius 2 is 2.00 bits per heavy atom. The van der Waals surface area contributed by atoms with E-state index in [-0.39, 0.29) is 6.04 Å². The van der Waals surface area contributed by atoms with Crippen molar-refractivity contribution in [2.24, 2.45) is 5.92 Å². The molecule has 1 fully saturated rings. The van der Waals surface area contributed by atoms with Crippen LogP contribution in [0.3, 0.4) is 0 Å². The van der Waals surface area contributed by atoms with Crippen molar-refractivity contribution in [3.63, 3.8) is 0 Å². The normalized spacial score (nSPS) is 24.3. The van der Waals surface area contributed by atoms with Crippen molar-refractivity contribution in [1.29, 1.82) is 5.26 Å². The lowest BCUT2D eigenvalue weighted by Gasteiger charge is -2.36. The number of nitriles is 1. The van der Waals surface area contributed by atoms with Crippen LogP contribution in [0.5, 0.6) is 0 Å². The summed E-state index contributed by atoms with van der Waals surface area (Å²) in [5, 5.41) is 8.87. The van der Waals surface area contributed by atoms with Gasteiger partial charge in [-0.25, -0.2) is 8.42 Å². The van der Waals surface area contributed by atoms with E-state index >= 15 is 0 Å². The molecule has 2 unspecified atom stereocenters. The zero-order valence-electron chi connectivity index (χ0n) is 12.1. The van der Waals surface area contributed by atoms with E-state index in [0.29, 0.717) is 28.5 Å². The monoisotopic (exact) mass is 292 g/mol. The van der Waals surface area contributed by atoms with Crippen LogP contribution in [0.1, 0.15) is 37.8 Å². The fourth-order valence-electron chi connectivity index (χ4n) is 2.72. The van der Waals surface area contributed by atoms with E-state index in [1.54, 1.807) is 29.4 Å². The number of sulfonamides is 1. The van der Waals surface area contributed by atoms with Crippen LogP contribution in [0.15, 0.2) is 23.1 Å². The van der Waals surface area contributed by atoms with Gasteiger partial charge in [-0.3, -0.25) is 0 Å². The SMILES string of the molecule is Cc1cc(C#N)ccc1S(=O)(=O)N1CC(C)CCC1C. The van der Waals surface area contributed by atoms with E-state index in [1.165, 1.54) is 0 Å². The highest BCUT2D eigenvalue weighted by molar-refractivity contribution is 7.89. The molecular formula is C15H20N2O2S. The van der Waals surface area contributed by atoms with Gasteiger partial charge in [0.2, 0.25) is 10.0 Å². The molecule has 0 N–H and O–H groups in total. The summed E-state index contributed by atoms with van der Waals surface area (Å²) in [5.74, 6) is 0.389. The third-order valence-corrected chi connectivity index (χ3v) is 6.09. The molecule has 0 radical (unpaired) electrons. The van der Waals surface area contributed by atoms with Gasteiger partial charge in [-0.05, 0) is 56.4 Å². The lowest BCUT2D eigenvalue weighted by Crippen LogP contribution is -2.44. The molecule has 0 spiro atoms. The lowest BCUT2D eigenvalue weighted by atomic mass is 9.97. The van der Waals surface area contributed by atoms with Crippen molar-refractivity contribution in [1.82, 2.24) is 4.31 Å². The Morgan fingerprint density at radius 3 is 2.60 bits per heavy atom. The number of nitrogens with zero attached hydrogens (tertiary/aromatic N) is 2. The first kappa shape index (κ1) is 15.0. The summed E-state index contributed by atoms with van der Waals surface area (Å²) in [6.07, 6.45) is 1.97. The molecule has 1 aromatic carbocycles. The molecule has 1 aliphatic rings. The first-order valence-electron chi connectivity index (χ1n) is 6.89. The molecule has 1 aliphatic heterocycles. The quantitative estimate of drug-likeness (QED) is 0.842. The number of hydrogen-bond acceptors (Lipinski definition) is 3. The molecule has 0 saturated carbocycles. The van der Waals surface area contributed by atoms with Crippen molar-refractivity contribution < 1.29 is 8.42 Å². The van der Waals surface area contributed by atoms with Gasteiger partial charge in [-0.15, -0.1) is 0 Å². The van der Waals surface area contributed by atoms with Crippen LogP contribution in [0, 0.1) is 24.2 Å². The molecule has 108 valence electrons. The Bertz CT molecular complexity index is 646. The number of benzene rings is 1. The maximum Gasteiger partial charge on any atom is 0.243 e. The van der Waals surface area contributed by atoms with Gasteiger partial charge in [0.1, 0.15) is 0 Å². The van der Waals surface area contributed by atoms with Crippen LogP contribution in [0.4, 0.5) is 0 Å². The Kier molecular flexibility index (Phi) is 4.17. The lowest BCUT2D eigenvalue weighted by molar-refractivity contribution is 0.218. The van der Waals surface area contributed by atoms with Crippen molar-refractivity contribution in [2.75, 3.05) is 6.54 Å². The van der Waals surface area contributed by atoms with E-state index in [0.717, 1.165) is 12.8 Å². The maximum atomic E-state index is 12.8. The summed E-state index contributed by atoms with van der Waals surface area (Å²) in [7, 11) is -3.48. The van der Waals surface area contributed by atoms with Crippen LogP contribution >= 0.6 is 0 Å². The van der Waals surface area contributed by atoms with Crippen molar-refractivity contribution >= 4 is 10.0 Å². The summed E-state index contributed by atoms with van der Waals surface area (Å²) >= 11 is 0. The molecule has 1 heterocycles. The number of piperidine rings is 1. The Labute approximate surface area is 121 Å². The predicted octanol–water partition coefficient (Wildman–Crippen LogP) is 2.68. The Balaban J connectivity index is 2.42. The highest BCUT2D eigenvalue weighted by Gasteiger charge is 2.34. The van der Waals surface area contributed by atoms with E-state index in [1.807, 2.05) is 13.0 Å². The van der Waals surface area contributed by atoms with E-state index < -0.39 is 10.0 Å².